The van der Waals surface area contributed by atoms with Gasteiger partial charge in [0.25, 0.3) is 5.56 Å². The zero-order chi connectivity index (χ0) is 18.9. The molecule has 0 unspecified atom stereocenters. The fourth-order valence-electron chi connectivity index (χ4n) is 2.91. The van der Waals surface area contributed by atoms with Gasteiger partial charge < -0.3 is 9.64 Å². The molecule has 0 radical (unpaired) electrons. The second kappa shape index (κ2) is 6.81. The largest absolute Gasteiger partial charge is 0.496 e. The Morgan fingerprint density at radius 1 is 1.28 bits per heavy atom. The van der Waals surface area contributed by atoms with Crippen molar-refractivity contribution < 1.29 is 4.74 Å². The molecule has 0 N–H and O–H groups in total. The van der Waals surface area contributed by atoms with Crippen LogP contribution in [0.2, 0.25) is 0 Å². The standard InChI is InChI=1S/C17H21N5O3/c1-10-8-19-13(11(2)14(10)25-6)9-20(3)15-12(7-18)16(23)22(5)17(24)21(15)4/h8H,9H2,1-6H3. The highest BCUT2D eigenvalue weighted by molar-refractivity contribution is 5.53. The van der Waals surface area contributed by atoms with Crippen molar-refractivity contribution in [2.45, 2.75) is 20.4 Å². The Morgan fingerprint density at radius 2 is 1.92 bits per heavy atom. The van der Waals surface area contributed by atoms with Crippen LogP contribution in [0.15, 0.2) is 15.8 Å². The molecule has 2 aromatic rings. The number of aromatic nitrogens is 3. The third-order valence-electron chi connectivity index (χ3n) is 4.24. The maximum absolute atomic E-state index is 12.2. The molecule has 25 heavy (non-hydrogen) atoms. The molecule has 8 nitrogen and oxygen atoms in total. The van der Waals surface area contributed by atoms with Gasteiger partial charge in [0.15, 0.2) is 5.56 Å². The summed E-state index contributed by atoms with van der Waals surface area (Å²) in [6.07, 6.45) is 1.71. The molecule has 0 aliphatic carbocycles. The lowest BCUT2D eigenvalue weighted by atomic mass is 10.1. The third kappa shape index (κ3) is 3.01. The molecule has 0 saturated heterocycles. The molecule has 0 saturated carbocycles. The van der Waals surface area contributed by atoms with Crippen LogP contribution < -0.4 is 20.9 Å². The van der Waals surface area contributed by atoms with Crippen molar-refractivity contribution in [3.8, 4) is 11.8 Å². The molecule has 2 aromatic heterocycles. The van der Waals surface area contributed by atoms with Gasteiger partial charge in [-0.15, -0.1) is 0 Å². The first-order chi connectivity index (χ1) is 11.7. The van der Waals surface area contributed by atoms with E-state index in [1.165, 1.54) is 18.7 Å². The number of aryl methyl sites for hydroxylation is 1. The van der Waals surface area contributed by atoms with Crippen molar-refractivity contribution in [1.82, 2.24) is 14.1 Å². The van der Waals surface area contributed by atoms with Gasteiger partial charge in [-0.05, 0) is 13.8 Å². The summed E-state index contributed by atoms with van der Waals surface area (Å²) in [5.74, 6) is 1.01. The molecule has 0 aliphatic heterocycles. The van der Waals surface area contributed by atoms with Crippen molar-refractivity contribution in [3.63, 3.8) is 0 Å². The first-order valence-corrected chi connectivity index (χ1v) is 7.64. The van der Waals surface area contributed by atoms with Crippen molar-refractivity contribution in [3.05, 3.63) is 49.4 Å². The van der Waals surface area contributed by atoms with E-state index in [1.807, 2.05) is 19.9 Å². The SMILES string of the molecule is COc1c(C)cnc(CN(C)c2c(C#N)c(=O)n(C)c(=O)n2C)c1C. The van der Waals surface area contributed by atoms with Gasteiger partial charge in [-0.25, -0.2) is 4.79 Å². The summed E-state index contributed by atoms with van der Waals surface area (Å²) in [4.78, 5) is 30.5. The summed E-state index contributed by atoms with van der Waals surface area (Å²) in [5, 5.41) is 9.39. The first kappa shape index (κ1) is 18.3. The topological polar surface area (TPSA) is 93.2 Å². The first-order valence-electron chi connectivity index (χ1n) is 7.64. The molecule has 0 amide bonds. The maximum atomic E-state index is 12.2. The second-order valence-corrected chi connectivity index (χ2v) is 5.92. The van der Waals surface area contributed by atoms with E-state index in [0.29, 0.717) is 6.54 Å². The minimum atomic E-state index is -0.612. The van der Waals surface area contributed by atoms with Gasteiger partial charge in [-0.3, -0.25) is 18.9 Å². The minimum absolute atomic E-state index is 0.0798. The van der Waals surface area contributed by atoms with E-state index in [2.05, 4.69) is 4.98 Å². The van der Waals surface area contributed by atoms with Crippen molar-refractivity contribution in [2.75, 3.05) is 19.1 Å². The molecular weight excluding hydrogens is 322 g/mol. The second-order valence-electron chi connectivity index (χ2n) is 5.92. The van der Waals surface area contributed by atoms with Gasteiger partial charge in [0.2, 0.25) is 0 Å². The predicted octanol–water partition coefficient (Wildman–Crippen LogP) is 0.613. The molecule has 0 atom stereocenters. The van der Waals surface area contributed by atoms with Gasteiger partial charge in [0, 0.05) is 38.5 Å². The average Bonchev–Trinajstić information content (AvgIpc) is 2.58. The molecule has 0 aliphatic rings. The third-order valence-corrected chi connectivity index (χ3v) is 4.24. The highest BCUT2D eigenvalue weighted by Crippen LogP contribution is 2.25. The van der Waals surface area contributed by atoms with Crippen LogP contribution in [0.3, 0.4) is 0 Å². The number of nitriles is 1. The Labute approximate surface area is 145 Å². The summed E-state index contributed by atoms with van der Waals surface area (Å²) in [6.45, 7) is 4.12. The van der Waals surface area contributed by atoms with E-state index in [1.54, 1.807) is 25.3 Å². The van der Waals surface area contributed by atoms with Gasteiger partial charge in [0.05, 0.1) is 19.3 Å². The van der Waals surface area contributed by atoms with E-state index in [9.17, 15) is 14.9 Å². The quantitative estimate of drug-likeness (QED) is 0.808. The molecule has 2 rings (SSSR count). The lowest BCUT2D eigenvalue weighted by Crippen LogP contribution is -2.41. The van der Waals surface area contributed by atoms with Crippen molar-refractivity contribution >= 4 is 5.82 Å². The highest BCUT2D eigenvalue weighted by atomic mass is 16.5. The Kier molecular flexibility index (Phi) is 4.97. The zero-order valence-electron chi connectivity index (χ0n) is 15.2. The number of methoxy groups -OCH3 is 1. The summed E-state index contributed by atoms with van der Waals surface area (Å²) < 4.78 is 7.62. The summed E-state index contributed by atoms with van der Waals surface area (Å²) in [5.41, 5.74) is 1.35. The van der Waals surface area contributed by atoms with Gasteiger partial charge in [0.1, 0.15) is 17.6 Å². The zero-order valence-corrected chi connectivity index (χ0v) is 15.2. The molecule has 0 spiro atoms. The van der Waals surface area contributed by atoms with E-state index < -0.39 is 11.2 Å². The normalized spacial score (nSPS) is 10.4. The molecule has 0 aromatic carbocycles. The molecule has 0 bridgehead atoms. The van der Waals surface area contributed by atoms with Gasteiger partial charge >= 0.3 is 5.69 Å². The van der Waals surface area contributed by atoms with Crippen LogP contribution in [0.4, 0.5) is 5.82 Å². The molecular formula is C17H21N5O3. The Bertz CT molecular complexity index is 982. The number of nitrogens with zero attached hydrogens (tertiary/aromatic N) is 5. The number of pyridine rings is 1. The fraction of sp³-hybridized carbons (Fsp3) is 0.412. The number of anilines is 1. The lowest BCUT2D eigenvalue weighted by Gasteiger charge is -2.24. The predicted molar refractivity (Wildman–Crippen MR) is 94.0 cm³/mol. The molecule has 0 fully saturated rings. The molecule has 132 valence electrons. The smallest absolute Gasteiger partial charge is 0.332 e. The summed E-state index contributed by atoms with van der Waals surface area (Å²) in [6, 6.07) is 1.91. The van der Waals surface area contributed by atoms with E-state index in [-0.39, 0.29) is 11.4 Å². The van der Waals surface area contributed by atoms with E-state index >= 15 is 0 Å². The van der Waals surface area contributed by atoms with Crippen LogP contribution in [0, 0.1) is 25.2 Å². The van der Waals surface area contributed by atoms with Crippen LogP contribution in [0.1, 0.15) is 22.4 Å². The fourth-order valence-corrected chi connectivity index (χ4v) is 2.91. The number of rotatable bonds is 4. The van der Waals surface area contributed by atoms with Gasteiger partial charge in [-0.1, -0.05) is 0 Å². The highest BCUT2D eigenvalue weighted by Gasteiger charge is 2.20. The van der Waals surface area contributed by atoms with Crippen molar-refractivity contribution in [1.29, 1.82) is 5.26 Å². The Morgan fingerprint density at radius 3 is 2.48 bits per heavy atom. The minimum Gasteiger partial charge on any atom is -0.496 e. The van der Waals surface area contributed by atoms with Crippen LogP contribution in [0.5, 0.6) is 5.75 Å². The summed E-state index contributed by atoms with van der Waals surface area (Å²) >= 11 is 0. The average molecular weight is 343 g/mol. The van der Waals surface area contributed by atoms with Crippen LogP contribution in [-0.4, -0.2) is 28.3 Å². The number of ether oxygens (including phenoxy) is 1. The van der Waals surface area contributed by atoms with E-state index in [0.717, 1.165) is 27.1 Å². The molecule has 2 heterocycles. The van der Waals surface area contributed by atoms with Crippen LogP contribution >= 0.6 is 0 Å². The Hall–Kier alpha value is -3.08. The maximum Gasteiger partial charge on any atom is 0.332 e. The van der Waals surface area contributed by atoms with Crippen molar-refractivity contribution in [2.24, 2.45) is 14.1 Å². The number of hydrogen-bond donors (Lipinski definition) is 0. The lowest BCUT2D eigenvalue weighted by molar-refractivity contribution is 0.407. The van der Waals surface area contributed by atoms with Crippen LogP contribution in [0.25, 0.3) is 0 Å². The number of hydrogen-bond acceptors (Lipinski definition) is 6. The van der Waals surface area contributed by atoms with E-state index in [4.69, 9.17) is 4.74 Å². The summed E-state index contributed by atoms with van der Waals surface area (Å²) in [7, 11) is 6.19. The molecule has 8 heteroatoms. The van der Waals surface area contributed by atoms with Crippen LogP contribution in [-0.2, 0) is 20.6 Å². The monoisotopic (exact) mass is 343 g/mol. The Balaban J connectivity index is 2.58. The van der Waals surface area contributed by atoms with Gasteiger partial charge in [-0.2, -0.15) is 5.26 Å².